The van der Waals surface area contributed by atoms with Crippen LogP contribution in [0.15, 0.2) is 58.3 Å². The Kier molecular flexibility index (Phi) is 5.48. The number of benzene rings is 2. The molecule has 156 valence electrons. The zero-order chi connectivity index (χ0) is 21.4. The predicted molar refractivity (Wildman–Crippen MR) is 108 cm³/mol. The van der Waals surface area contributed by atoms with Gasteiger partial charge in [-0.2, -0.15) is 0 Å². The minimum Gasteiger partial charge on any atom is -0.444 e. The SMILES string of the molecule is CC(C)(C)OC(=O)NCc1cccc2c1C(S(=O)(=O)c1ccccc1)CS2(=O)=O. The zero-order valence-electron chi connectivity index (χ0n) is 16.4. The molecule has 0 saturated carbocycles. The molecule has 0 spiro atoms. The molecule has 0 radical (unpaired) electrons. The minimum absolute atomic E-state index is 0.00880. The summed E-state index contributed by atoms with van der Waals surface area (Å²) in [4.78, 5) is 12.0. The Balaban J connectivity index is 2.00. The molecule has 7 nitrogen and oxygen atoms in total. The molecular formula is C20H23NO6S2. The fraction of sp³-hybridized carbons (Fsp3) is 0.350. The summed E-state index contributed by atoms with van der Waals surface area (Å²) in [5.74, 6) is -0.525. The van der Waals surface area contributed by atoms with Crippen molar-refractivity contribution in [2.24, 2.45) is 0 Å². The van der Waals surface area contributed by atoms with Gasteiger partial charge in [-0.05, 0) is 50.1 Å². The maximum absolute atomic E-state index is 13.2. The molecule has 0 bridgehead atoms. The number of ether oxygens (including phenoxy) is 1. The van der Waals surface area contributed by atoms with E-state index in [-0.39, 0.29) is 21.9 Å². The summed E-state index contributed by atoms with van der Waals surface area (Å²) in [6, 6.07) is 12.3. The molecule has 0 saturated heterocycles. The van der Waals surface area contributed by atoms with Gasteiger partial charge in [-0.15, -0.1) is 0 Å². The van der Waals surface area contributed by atoms with Crippen molar-refractivity contribution >= 4 is 25.8 Å². The van der Waals surface area contributed by atoms with Crippen LogP contribution in [0.2, 0.25) is 0 Å². The lowest BCUT2D eigenvalue weighted by molar-refractivity contribution is 0.0523. The molecule has 3 rings (SSSR count). The largest absolute Gasteiger partial charge is 0.444 e. The highest BCUT2D eigenvalue weighted by Gasteiger charge is 2.44. The van der Waals surface area contributed by atoms with E-state index in [2.05, 4.69) is 5.32 Å². The lowest BCUT2D eigenvalue weighted by Crippen LogP contribution is -2.32. The van der Waals surface area contributed by atoms with Crippen molar-refractivity contribution in [1.29, 1.82) is 0 Å². The fourth-order valence-corrected chi connectivity index (χ4v) is 7.67. The van der Waals surface area contributed by atoms with E-state index in [4.69, 9.17) is 4.74 Å². The number of nitrogens with one attached hydrogen (secondary N) is 1. The number of hydrogen-bond acceptors (Lipinski definition) is 6. The van der Waals surface area contributed by atoms with Gasteiger partial charge in [0.1, 0.15) is 10.9 Å². The molecule has 0 aliphatic carbocycles. The van der Waals surface area contributed by atoms with Gasteiger partial charge < -0.3 is 10.1 Å². The lowest BCUT2D eigenvalue weighted by atomic mass is 10.1. The third-order valence-corrected chi connectivity index (χ3v) is 8.54. The smallest absolute Gasteiger partial charge is 0.407 e. The summed E-state index contributed by atoms with van der Waals surface area (Å²) in [7, 11) is -7.70. The van der Waals surface area contributed by atoms with Crippen LogP contribution in [-0.4, -0.2) is 34.3 Å². The normalized spacial score (nSPS) is 18.1. The predicted octanol–water partition coefficient (Wildman–Crippen LogP) is 3.01. The molecule has 1 unspecified atom stereocenters. The van der Waals surface area contributed by atoms with Crippen LogP contribution in [0.25, 0.3) is 0 Å². The van der Waals surface area contributed by atoms with Crippen LogP contribution in [-0.2, 0) is 31.0 Å². The number of alkyl carbamates (subject to hydrolysis) is 1. The second-order valence-electron chi connectivity index (χ2n) is 7.81. The average molecular weight is 438 g/mol. The van der Waals surface area contributed by atoms with Crippen LogP contribution < -0.4 is 5.32 Å². The highest BCUT2D eigenvalue weighted by molar-refractivity contribution is 7.96. The summed E-state index contributed by atoms with van der Waals surface area (Å²) in [5, 5.41) is 1.34. The molecular weight excluding hydrogens is 414 g/mol. The Morgan fingerprint density at radius 3 is 2.38 bits per heavy atom. The second kappa shape index (κ2) is 7.46. The van der Waals surface area contributed by atoms with Crippen molar-refractivity contribution in [3.63, 3.8) is 0 Å². The molecule has 0 aromatic heterocycles. The van der Waals surface area contributed by atoms with E-state index < -0.39 is 42.4 Å². The van der Waals surface area contributed by atoms with Crippen LogP contribution >= 0.6 is 0 Å². The zero-order valence-corrected chi connectivity index (χ0v) is 18.0. The number of sulfone groups is 2. The standard InChI is InChI=1S/C20H23NO6S2/c1-20(2,3)27-19(22)21-12-14-8-7-11-16-18(14)17(13-28(16,23)24)29(25,26)15-9-5-4-6-10-15/h4-11,17H,12-13H2,1-3H3,(H,21,22). The minimum atomic E-state index is -3.94. The highest BCUT2D eigenvalue weighted by atomic mass is 32.2. The molecule has 9 heteroatoms. The van der Waals surface area contributed by atoms with Crippen molar-refractivity contribution < 1.29 is 26.4 Å². The van der Waals surface area contributed by atoms with Crippen molar-refractivity contribution in [2.75, 3.05) is 5.75 Å². The van der Waals surface area contributed by atoms with E-state index in [0.717, 1.165) is 0 Å². The molecule has 1 heterocycles. The van der Waals surface area contributed by atoms with Gasteiger partial charge in [0.05, 0.1) is 15.5 Å². The van der Waals surface area contributed by atoms with Crippen LogP contribution in [0.5, 0.6) is 0 Å². The van der Waals surface area contributed by atoms with E-state index in [1.807, 2.05) is 0 Å². The van der Waals surface area contributed by atoms with Gasteiger partial charge in [0.15, 0.2) is 19.7 Å². The van der Waals surface area contributed by atoms with E-state index in [9.17, 15) is 21.6 Å². The summed E-state index contributed by atoms with van der Waals surface area (Å²) in [5.41, 5.74) is -0.0445. The highest BCUT2D eigenvalue weighted by Crippen LogP contribution is 2.42. The van der Waals surface area contributed by atoms with Gasteiger partial charge in [-0.25, -0.2) is 21.6 Å². The number of carbonyl (C=O) groups excluding carboxylic acids is 1. The molecule has 29 heavy (non-hydrogen) atoms. The molecule has 2 aromatic carbocycles. The van der Waals surface area contributed by atoms with Crippen molar-refractivity contribution in [3.05, 3.63) is 59.7 Å². The third kappa shape index (κ3) is 4.45. The lowest BCUT2D eigenvalue weighted by Gasteiger charge is -2.20. The number of carbonyl (C=O) groups is 1. The Bertz CT molecular complexity index is 1130. The Morgan fingerprint density at radius 1 is 1.10 bits per heavy atom. The van der Waals surface area contributed by atoms with Crippen LogP contribution in [0.3, 0.4) is 0 Å². The first kappa shape index (κ1) is 21.3. The van der Waals surface area contributed by atoms with Crippen LogP contribution in [0, 0.1) is 0 Å². The van der Waals surface area contributed by atoms with Crippen molar-refractivity contribution in [2.45, 2.75) is 48.0 Å². The van der Waals surface area contributed by atoms with Crippen molar-refractivity contribution in [3.8, 4) is 0 Å². The number of hydrogen-bond donors (Lipinski definition) is 1. The third-order valence-electron chi connectivity index (χ3n) is 4.45. The van der Waals surface area contributed by atoms with Gasteiger partial charge in [0.2, 0.25) is 0 Å². The summed E-state index contributed by atoms with van der Waals surface area (Å²) in [6.45, 7) is 5.12. The Morgan fingerprint density at radius 2 is 1.76 bits per heavy atom. The second-order valence-corrected chi connectivity index (χ2v) is 11.9. The van der Waals surface area contributed by atoms with E-state index in [1.54, 1.807) is 51.1 Å². The van der Waals surface area contributed by atoms with Gasteiger partial charge in [-0.3, -0.25) is 0 Å². The number of amides is 1. The van der Waals surface area contributed by atoms with Gasteiger partial charge >= 0.3 is 6.09 Å². The van der Waals surface area contributed by atoms with Crippen molar-refractivity contribution in [1.82, 2.24) is 5.32 Å². The quantitative estimate of drug-likeness (QED) is 0.788. The average Bonchev–Trinajstić information content (AvgIpc) is 2.92. The van der Waals surface area contributed by atoms with Crippen LogP contribution in [0.4, 0.5) is 4.79 Å². The van der Waals surface area contributed by atoms with E-state index in [0.29, 0.717) is 5.56 Å². The van der Waals surface area contributed by atoms with Gasteiger partial charge in [0, 0.05) is 6.54 Å². The maximum Gasteiger partial charge on any atom is 0.407 e. The maximum atomic E-state index is 13.2. The summed E-state index contributed by atoms with van der Waals surface area (Å²) in [6.07, 6.45) is -0.668. The first-order valence-electron chi connectivity index (χ1n) is 9.02. The fourth-order valence-electron chi connectivity index (χ4n) is 3.25. The monoisotopic (exact) mass is 437 g/mol. The summed E-state index contributed by atoms with van der Waals surface area (Å²) >= 11 is 0. The number of rotatable bonds is 4. The Labute approximate surface area is 170 Å². The molecule has 1 atom stereocenters. The molecule has 1 aliphatic rings. The number of fused-ring (bicyclic) bond motifs is 1. The Hall–Kier alpha value is -2.39. The van der Waals surface area contributed by atoms with Crippen LogP contribution in [0.1, 0.15) is 37.1 Å². The molecule has 1 amide bonds. The topological polar surface area (TPSA) is 107 Å². The summed E-state index contributed by atoms with van der Waals surface area (Å²) < 4.78 is 56.9. The van der Waals surface area contributed by atoms with Gasteiger partial charge in [0.25, 0.3) is 0 Å². The molecule has 1 N–H and O–H groups in total. The van der Waals surface area contributed by atoms with E-state index >= 15 is 0 Å². The molecule has 1 aliphatic heterocycles. The molecule has 2 aromatic rings. The first-order chi connectivity index (χ1) is 13.4. The van der Waals surface area contributed by atoms with Gasteiger partial charge in [-0.1, -0.05) is 30.3 Å². The van der Waals surface area contributed by atoms with E-state index in [1.165, 1.54) is 18.2 Å². The first-order valence-corrected chi connectivity index (χ1v) is 12.2. The molecule has 0 fully saturated rings.